The Balaban J connectivity index is 1.55. The van der Waals surface area contributed by atoms with Crippen LogP contribution in [0.1, 0.15) is 38.6 Å². The summed E-state index contributed by atoms with van der Waals surface area (Å²) in [6.07, 6.45) is 1.63. The number of Topliss-reactive ketones (excluding diaryl/α,β-unsaturated/α-hetero) is 1. The number of hydrogen-bond acceptors (Lipinski definition) is 5. The van der Waals surface area contributed by atoms with E-state index < -0.39 is 5.97 Å². The molecule has 0 N–H and O–H groups in total. The molecule has 29 heavy (non-hydrogen) atoms. The van der Waals surface area contributed by atoms with Crippen molar-refractivity contribution in [1.82, 2.24) is 4.57 Å². The maximum atomic E-state index is 12.6. The van der Waals surface area contributed by atoms with Crippen molar-refractivity contribution >= 4 is 23.5 Å². The van der Waals surface area contributed by atoms with Crippen LogP contribution in [0.25, 0.3) is 0 Å². The Morgan fingerprint density at radius 2 is 1.86 bits per heavy atom. The Morgan fingerprint density at radius 1 is 1.07 bits per heavy atom. The van der Waals surface area contributed by atoms with Gasteiger partial charge < -0.3 is 13.7 Å². The summed E-state index contributed by atoms with van der Waals surface area (Å²) < 4.78 is 12.6. The predicted octanol–water partition coefficient (Wildman–Crippen LogP) is 4.88. The van der Waals surface area contributed by atoms with Gasteiger partial charge in [0.15, 0.2) is 6.61 Å². The maximum Gasteiger partial charge on any atom is 0.316 e. The van der Waals surface area contributed by atoms with E-state index in [9.17, 15) is 9.59 Å². The lowest BCUT2D eigenvalue weighted by Gasteiger charge is -2.08. The van der Waals surface area contributed by atoms with Crippen molar-refractivity contribution < 1.29 is 18.7 Å². The summed E-state index contributed by atoms with van der Waals surface area (Å²) in [6.45, 7) is 8.23. The normalized spacial score (nSPS) is 10.9. The quantitative estimate of drug-likeness (QED) is 0.300. The Bertz CT molecular complexity index is 1020. The number of hydrogen-bond donors (Lipinski definition) is 0. The van der Waals surface area contributed by atoms with Gasteiger partial charge in [0.2, 0.25) is 5.78 Å². The second kappa shape index (κ2) is 9.18. The van der Waals surface area contributed by atoms with E-state index in [0.29, 0.717) is 12.1 Å². The second-order valence-electron chi connectivity index (χ2n) is 7.07. The van der Waals surface area contributed by atoms with Crippen LogP contribution in [0.5, 0.6) is 0 Å². The molecule has 0 saturated carbocycles. The summed E-state index contributed by atoms with van der Waals surface area (Å²) in [7, 11) is 0. The summed E-state index contributed by atoms with van der Waals surface area (Å²) in [6, 6.07) is 11.6. The van der Waals surface area contributed by atoms with Crippen LogP contribution in [0.15, 0.2) is 52.0 Å². The van der Waals surface area contributed by atoms with Crippen LogP contribution in [0.3, 0.4) is 0 Å². The third kappa shape index (κ3) is 5.21. The minimum absolute atomic E-state index is 0.174. The van der Waals surface area contributed by atoms with Crippen LogP contribution in [-0.2, 0) is 16.1 Å². The minimum Gasteiger partial charge on any atom is -0.467 e. The minimum atomic E-state index is -0.397. The van der Waals surface area contributed by atoms with Gasteiger partial charge in [-0.2, -0.15) is 0 Å². The molecule has 5 nitrogen and oxygen atoms in total. The molecule has 3 rings (SSSR count). The molecular weight excluding hydrogens is 386 g/mol. The average molecular weight is 412 g/mol. The monoisotopic (exact) mass is 411 g/mol. The third-order valence-electron chi connectivity index (χ3n) is 4.97. The van der Waals surface area contributed by atoms with Crippen LogP contribution in [0.4, 0.5) is 0 Å². The van der Waals surface area contributed by atoms with E-state index in [0.717, 1.165) is 22.0 Å². The van der Waals surface area contributed by atoms with Gasteiger partial charge in [-0.15, -0.1) is 11.8 Å². The highest BCUT2D eigenvalue weighted by Crippen LogP contribution is 2.21. The van der Waals surface area contributed by atoms with Crippen LogP contribution < -0.4 is 0 Å². The first kappa shape index (κ1) is 21.0. The van der Waals surface area contributed by atoms with Crippen LogP contribution >= 0.6 is 11.8 Å². The molecule has 0 unspecified atom stereocenters. The van der Waals surface area contributed by atoms with Crippen LogP contribution in [0.2, 0.25) is 0 Å². The van der Waals surface area contributed by atoms with Gasteiger partial charge in [-0.05, 0) is 69.2 Å². The number of thioether (sulfide) groups is 1. The fraction of sp³-hybridized carbons (Fsp3) is 0.304. The lowest BCUT2D eigenvalue weighted by Crippen LogP contribution is -2.16. The Morgan fingerprint density at radius 3 is 2.55 bits per heavy atom. The molecule has 0 amide bonds. The number of nitrogens with zero attached hydrogens (tertiary/aromatic N) is 1. The molecule has 0 aliphatic heterocycles. The molecule has 2 heterocycles. The first-order chi connectivity index (χ1) is 13.8. The number of esters is 1. The molecule has 0 spiro atoms. The molecular formula is C23H25NO4S. The number of benzene rings is 1. The van der Waals surface area contributed by atoms with Crippen LogP contribution in [-0.4, -0.2) is 28.7 Å². The summed E-state index contributed by atoms with van der Waals surface area (Å²) in [4.78, 5) is 25.6. The van der Waals surface area contributed by atoms with Gasteiger partial charge in [-0.3, -0.25) is 9.59 Å². The number of aromatic nitrogens is 1. The summed E-state index contributed by atoms with van der Waals surface area (Å²) in [5.41, 5.74) is 4.77. The smallest absolute Gasteiger partial charge is 0.316 e. The third-order valence-corrected chi connectivity index (χ3v) is 5.93. The standard InChI is InChI=1S/C23H25NO4S/c1-15-7-8-20(10-16(15)2)29-14-23(26)28-13-22(25)21-11-17(3)24(18(21)4)12-19-6-5-9-27-19/h5-11H,12-14H2,1-4H3. The van der Waals surface area contributed by atoms with Gasteiger partial charge >= 0.3 is 5.97 Å². The van der Waals surface area contributed by atoms with Crippen molar-refractivity contribution in [2.75, 3.05) is 12.4 Å². The number of carbonyl (C=O) groups excluding carboxylic acids is 2. The predicted molar refractivity (Wildman–Crippen MR) is 114 cm³/mol. The highest BCUT2D eigenvalue weighted by Gasteiger charge is 2.18. The molecule has 6 heteroatoms. The van der Waals surface area contributed by atoms with Gasteiger partial charge in [0.05, 0.1) is 18.6 Å². The van der Waals surface area contributed by atoms with E-state index in [4.69, 9.17) is 9.15 Å². The van der Waals surface area contributed by atoms with Gasteiger partial charge in [-0.1, -0.05) is 6.07 Å². The number of ether oxygens (including phenoxy) is 1. The van der Waals surface area contributed by atoms with Crippen molar-refractivity contribution in [2.24, 2.45) is 0 Å². The molecule has 0 bridgehead atoms. The summed E-state index contributed by atoms with van der Waals surface area (Å²) >= 11 is 1.41. The number of aryl methyl sites for hydroxylation is 3. The van der Waals surface area contributed by atoms with Crippen molar-refractivity contribution in [3.8, 4) is 0 Å². The maximum absolute atomic E-state index is 12.6. The van der Waals surface area contributed by atoms with Crippen molar-refractivity contribution in [2.45, 2.75) is 39.1 Å². The molecule has 152 valence electrons. The molecule has 2 aromatic heterocycles. The number of ketones is 1. The van der Waals surface area contributed by atoms with Crippen molar-refractivity contribution in [3.05, 3.63) is 76.5 Å². The first-order valence-corrected chi connectivity index (χ1v) is 10.4. The van der Waals surface area contributed by atoms with Crippen LogP contribution in [0, 0.1) is 27.7 Å². The van der Waals surface area contributed by atoms with E-state index in [1.807, 2.05) is 61.7 Å². The molecule has 0 aliphatic rings. The Kier molecular flexibility index (Phi) is 6.64. The highest BCUT2D eigenvalue weighted by molar-refractivity contribution is 8.00. The van der Waals surface area contributed by atoms with Crippen molar-refractivity contribution in [3.63, 3.8) is 0 Å². The van der Waals surface area contributed by atoms with E-state index in [1.54, 1.807) is 6.26 Å². The zero-order chi connectivity index (χ0) is 21.0. The van der Waals surface area contributed by atoms with Gasteiger partial charge in [0.25, 0.3) is 0 Å². The highest BCUT2D eigenvalue weighted by atomic mass is 32.2. The zero-order valence-electron chi connectivity index (χ0n) is 17.2. The molecule has 0 saturated heterocycles. The molecule has 0 aliphatic carbocycles. The topological polar surface area (TPSA) is 61.4 Å². The Hall–Kier alpha value is -2.73. The number of furan rings is 1. The molecule has 0 atom stereocenters. The fourth-order valence-corrected chi connectivity index (χ4v) is 3.89. The lowest BCUT2D eigenvalue weighted by atomic mass is 10.1. The summed E-state index contributed by atoms with van der Waals surface area (Å²) in [5, 5.41) is 0. The van der Waals surface area contributed by atoms with E-state index >= 15 is 0 Å². The summed E-state index contributed by atoms with van der Waals surface area (Å²) in [5.74, 6) is 0.396. The molecule has 1 aromatic carbocycles. The van der Waals surface area contributed by atoms with E-state index in [-0.39, 0.29) is 18.1 Å². The largest absolute Gasteiger partial charge is 0.467 e. The average Bonchev–Trinajstić information content (AvgIpc) is 3.31. The lowest BCUT2D eigenvalue weighted by molar-refractivity contribution is -0.139. The van der Waals surface area contributed by atoms with Crippen molar-refractivity contribution in [1.29, 1.82) is 0 Å². The van der Waals surface area contributed by atoms with E-state index in [1.165, 1.54) is 22.9 Å². The molecule has 0 fully saturated rings. The first-order valence-electron chi connectivity index (χ1n) is 9.43. The van der Waals surface area contributed by atoms with Gasteiger partial charge in [0, 0.05) is 21.8 Å². The zero-order valence-corrected chi connectivity index (χ0v) is 18.0. The molecule has 0 radical (unpaired) electrons. The van der Waals surface area contributed by atoms with Gasteiger partial charge in [-0.25, -0.2) is 0 Å². The Labute approximate surface area is 175 Å². The SMILES string of the molecule is Cc1ccc(SCC(=O)OCC(=O)c2cc(C)n(Cc3ccco3)c2C)cc1C. The second-order valence-corrected chi connectivity index (χ2v) is 8.12. The van der Waals surface area contributed by atoms with Gasteiger partial charge in [0.1, 0.15) is 5.76 Å². The fourth-order valence-electron chi connectivity index (χ4n) is 3.10. The molecule has 3 aromatic rings. The van der Waals surface area contributed by atoms with E-state index in [2.05, 4.69) is 6.92 Å². The number of carbonyl (C=O) groups is 2. The number of rotatable bonds is 8.